The van der Waals surface area contributed by atoms with Gasteiger partial charge in [0.2, 0.25) is 15.7 Å². The fourth-order valence-corrected chi connectivity index (χ4v) is 9.35. The van der Waals surface area contributed by atoms with Crippen LogP contribution in [0, 0.1) is 11.6 Å². The Balaban J connectivity index is 1.23. The molecular weight excluding hydrogens is 629 g/mol. The summed E-state index contributed by atoms with van der Waals surface area (Å²) >= 11 is 1.56. The third-order valence-corrected chi connectivity index (χ3v) is 12.6. The Morgan fingerprint density at radius 3 is 2.13 bits per heavy atom. The molecule has 0 radical (unpaired) electrons. The Morgan fingerprint density at radius 1 is 0.848 bits per heavy atom. The summed E-state index contributed by atoms with van der Waals surface area (Å²) in [5.41, 5.74) is 1.17. The van der Waals surface area contributed by atoms with Crippen molar-refractivity contribution >= 4 is 38.2 Å². The van der Waals surface area contributed by atoms with E-state index in [1.807, 2.05) is 24.5 Å². The molecular formula is C34H45F2N5O3S2. The molecule has 0 bridgehead atoms. The van der Waals surface area contributed by atoms with Crippen LogP contribution in [0.4, 0.5) is 14.5 Å². The molecule has 1 aromatic heterocycles. The molecule has 0 amide bonds. The smallest absolute Gasteiger partial charge is 0.213 e. The lowest BCUT2D eigenvalue weighted by Gasteiger charge is -2.46. The second-order valence-corrected chi connectivity index (χ2v) is 15.2. The van der Waals surface area contributed by atoms with E-state index in [2.05, 4.69) is 31.5 Å². The third kappa shape index (κ3) is 6.60. The number of likely N-dealkylation sites (tertiary alicyclic amines) is 1. The number of benzene rings is 2. The van der Waals surface area contributed by atoms with Gasteiger partial charge in [-0.3, -0.25) is 9.88 Å². The Hall–Kier alpha value is -2.51. The summed E-state index contributed by atoms with van der Waals surface area (Å²) in [6, 6.07) is 9.15. The van der Waals surface area contributed by atoms with Crippen LogP contribution in [0.15, 0.2) is 51.2 Å². The maximum Gasteiger partial charge on any atom is 0.213 e. The van der Waals surface area contributed by atoms with Gasteiger partial charge in [-0.1, -0.05) is 6.92 Å². The topological polar surface area (TPSA) is 69.2 Å². The van der Waals surface area contributed by atoms with Crippen molar-refractivity contribution in [3.8, 4) is 5.75 Å². The highest BCUT2D eigenvalue weighted by atomic mass is 32.2. The molecule has 3 saturated heterocycles. The molecule has 3 fully saturated rings. The number of piperidine rings is 2. The number of halogens is 2. The lowest BCUT2D eigenvalue weighted by atomic mass is 9.96. The number of hydrogen-bond donors (Lipinski definition) is 0. The molecule has 0 spiro atoms. The van der Waals surface area contributed by atoms with E-state index >= 15 is 4.39 Å². The number of ether oxygens (including phenoxy) is 1. The minimum absolute atomic E-state index is 0.108. The van der Waals surface area contributed by atoms with Crippen molar-refractivity contribution in [3.63, 3.8) is 0 Å². The molecule has 12 heteroatoms. The number of hydrogen-bond acceptors (Lipinski definition) is 9. The number of anilines is 1. The molecule has 0 unspecified atom stereocenters. The fraction of sp³-hybridized carbons (Fsp3) is 0.559. The van der Waals surface area contributed by atoms with E-state index in [1.54, 1.807) is 18.7 Å². The van der Waals surface area contributed by atoms with Gasteiger partial charge < -0.3 is 19.4 Å². The number of piperazine rings is 1. The van der Waals surface area contributed by atoms with Crippen LogP contribution in [-0.2, 0) is 9.84 Å². The summed E-state index contributed by atoms with van der Waals surface area (Å²) in [7, 11) is -4.47. The first kappa shape index (κ1) is 33.4. The molecule has 4 heterocycles. The number of thioether (sulfide) groups is 1. The molecule has 3 aliphatic heterocycles. The third-order valence-electron chi connectivity index (χ3n) is 10.1. The summed E-state index contributed by atoms with van der Waals surface area (Å²) in [5.74, 6) is -3.06. The van der Waals surface area contributed by atoms with Gasteiger partial charge in [-0.05, 0) is 88.8 Å². The van der Waals surface area contributed by atoms with Gasteiger partial charge in [0.1, 0.15) is 9.79 Å². The van der Waals surface area contributed by atoms with Crippen molar-refractivity contribution in [1.82, 2.24) is 19.7 Å². The van der Waals surface area contributed by atoms with Crippen LogP contribution in [-0.4, -0.2) is 112 Å². The highest BCUT2D eigenvalue weighted by Gasteiger charge is 2.35. The zero-order valence-electron chi connectivity index (χ0n) is 27.1. The molecule has 6 rings (SSSR count). The van der Waals surface area contributed by atoms with Crippen molar-refractivity contribution in [2.75, 3.05) is 76.7 Å². The molecule has 0 N–H and O–H groups in total. The van der Waals surface area contributed by atoms with Crippen LogP contribution >= 0.6 is 11.8 Å². The summed E-state index contributed by atoms with van der Waals surface area (Å²) in [6.07, 6.45) is 7.44. The van der Waals surface area contributed by atoms with Gasteiger partial charge in [0.05, 0.1) is 17.8 Å². The lowest BCUT2D eigenvalue weighted by molar-refractivity contribution is 0.0449. The van der Waals surface area contributed by atoms with Gasteiger partial charge in [0.25, 0.3) is 0 Å². The highest BCUT2D eigenvalue weighted by Crippen LogP contribution is 2.40. The van der Waals surface area contributed by atoms with Gasteiger partial charge in [-0.15, -0.1) is 11.8 Å². The van der Waals surface area contributed by atoms with E-state index in [1.165, 1.54) is 25.1 Å². The first-order chi connectivity index (χ1) is 22.2. The Bertz CT molecular complexity index is 1640. The molecule has 250 valence electrons. The van der Waals surface area contributed by atoms with Crippen molar-refractivity contribution < 1.29 is 21.9 Å². The van der Waals surface area contributed by atoms with E-state index in [0.29, 0.717) is 41.8 Å². The van der Waals surface area contributed by atoms with E-state index in [-0.39, 0.29) is 17.3 Å². The zero-order valence-corrected chi connectivity index (χ0v) is 28.7. The van der Waals surface area contributed by atoms with Gasteiger partial charge in [-0.25, -0.2) is 12.8 Å². The number of fused-ring (bicyclic) bond motifs is 1. The normalized spacial score (nSPS) is 20.1. The van der Waals surface area contributed by atoms with Crippen LogP contribution in [0.3, 0.4) is 0 Å². The summed E-state index contributed by atoms with van der Waals surface area (Å²) in [6.45, 7) is 13.3. The largest absolute Gasteiger partial charge is 0.491 e. The number of likely N-dealkylation sites (N-methyl/N-ethyl adjacent to an activating group) is 1. The van der Waals surface area contributed by atoms with Crippen molar-refractivity contribution in [2.24, 2.45) is 0 Å². The van der Waals surface area contributed by atoms with E-state index in [0.717, 1.165) is 69.6 Å². The summed E-state index contributed by atoms with van der Waals surface area (Å²) in [5, 5.41) is 0.696. The number of aromatic nitrogens is 1. The molecule has 8 nitrogen and oxygen atoms in total. The van der Waals surface area contributed by atoms with Gasteiger partial charge >= 0.3 is 0 Å². The quantitative estimate of drug-likeness (QED) is 0.273. The van der Waals surface area contributed by atoms with E-state index < -0.39 is 26.4 Å². The molecule has 0 aliphatic carbocycles. The number of rotatable bonds is 9. The Kier molecular flexibility index (Phi) is 10.4. The van der Waals surface area contributed by atoms with Crippen molar-refractivity contribution in [3.05, 3.63) is 48.2 Å². The number of nitrogens with zero attached hydrogens (tertiary/aromatic N) is 5. The predicted octanol–water partition coefficient (Wildman–Crippen LogP) is 5.54. The minimum Gasteiger partial charge on any atom is -0.491 e. The van der Waals surface area contributed by atoms with E-state index in [9.17, 15) is 12.8 Å². The Morgan fingerprint density at radius 2 is 1.50 bits per heavy atom. The molecule has 3 aromatic rings. The predicted molar refractivity (Wildman–Crippen MR) is 180 cm³/mol. The first-order valence-electron chi connectivity index (χ1n) is 16.5. The number of sulfone groups is 1. The monoisotopic (exact) mass is 673 g/mol. The highest BCUT2D eigenvalue weighted by molar-refractivity contribution is 7.98. The maximum atomic E-state index is 15.3. The molecule has 0 saturated carbocycles. The SMILES string of the molecule is CCOc1ccc(S(=O)(=O)c2cnc3ccc(SC)cc3c2N2CCC(N3CCC(N4CCN(CC)CC4)CC3)CC2)c(F)c1F. The van der Waals surface area contributed by atoms with Crippen LogP contribution in [0.25, 0.3) is 10.9 Å². The average Bonchev–Trinajstić information content (AvgIpc) is 3.09. The maximum absolute atomic E-state index is 15.3. The van der Waals surface area contributed by atoms with E-state index in [4.69, 9.17) is 4.74 Å². The zero-order chi connectivity index (χ0) is 32.4. The average molecular weight is 674 g/mol. The fourth-order valence-electron chi connectivity index (χ4n) is 7.41. The summed E-state index contributed by atoms with van der Waals surface area (Å²) in [4.78, 5) is 14.6. The minimum atomic E-state index is -4.47. The Labute approximate surface area is 276 Å². The number of pyridine rings is 1. The molecule has 0 atom stereocenters. The van der Waals surface area contributed by atoms with Gasteiger partial charge in [0.15, 0.2) is 11.6 Å². The standard InChI is InChI=1S/C34H45F2N5O3S2/c1-4-38-18-20-40(21-19-38)25-10-14-39(15-11-25)24-12-16-41(17-13-24)34-27-22-26(45-3)6-7-28(27)37-23-31(34)46(42,43)30-9-8-29(44-5-2)32(35)33(30)36/h6-9,22-25H,4-5,10-21H2,1-3H3. The molecule has 3 aliphatic rings. The molecule has 2 aromatic carbocycles. The summed E-state index contributed by atoms with van der Waals surface area (Å²) < 4.78 is 63.6. The van der Waals surface area contributed by atoms with Crippen LogP contribution < -0.4 is 9.64 Å². The van der Waals surface area contributed by atoms with Gasteiger partial charge in [0, 0.05) is 67.8 Å². The lowest BCUT2D eigenvalue weighted by Crippen LogP contribution is -2.55. The van der Waals surface area contributed by atoms with Crippen LogP contribution in [0.5, 0.6) is 5.75 Å². The first-order valence-corrected chi connectivity index (χ1v) is 19.2. The second-order valence-electron chi connectivity index (χ2n) is 12.4. The van der Waals surface area contributed by atoms with Crippen molar-refractivity contribution in [1.29, 1.82) is 0 Å². The van der Waals surface area contributed by atoms with Gasteiger partial charge in [-0.2, -0.15) is 4.39 Å². The van der Waals surface area contributed by atoms with Crippen LogP contribution in [0.2, 0.25) is 0 Å². The van der Waals surface area contributed by atoms with Crippen molar-refractivity contribution in [2.45, 2.75) is 66.3 Å². The molecule has 46 heavy (non-hydrogen) atoms. The second kappa shape index (κ2) is 14.3. The van der Waals surface area contributed by atoms with Crippen LogP contribution in [0.1, 0.15) is 39.5 Å².